The highest BCUT2D eigenvalue weighted by Gasteiger charge is 2.22. The second-order valence-corrected chi connectivity index (χ2v) is 18.6. The predicted molar refractivity (Wildman–Crippen MR) is 242 cm³/mol. The van der Waals surface area contributed by atoms with Crippen LogP contribution in [-0.4, -0.2) is 44.2 Å². The molecule has 0 rings (SSSR count). The van der Waals surface area contributed by atoms with Gasteiger partial charge in [0.1, 0.15) is 0 Å². The summed E-state index contributed by atoms with van der Waals surface area (Å²) in [5.74, 6) is 0.551. The molecular weight excluding hydrogens is 679 g/mol. The maximum atomic E-state index is 12.7. The molecule has 0 aliphatic carbocycles. The zero-order valence-electron chi connectivity index (χ0n) is 38.8. The van der Waals surface area contributed by atoms with Crippen molar-refractivity contribution in [1.29, 1.82) is 0 Å². The molecule has 5 heteroatoms. The van der Waals surface area contributed by atoms with Crippen LogP contribution in [0.1, 0.15) is 273 Å². The van der Waals surface area contributed by atoms with Gasteiger partial charge in [-0.3, -0.25) is 0 Å². The van der Waals surface area contributed by atoms with Crippen LogP contribution in [0.25, 0.3) is 0 Å². The lowest BCUT2D eigenvalue weighted by Crippen LogP contribution is -2.33. The molecule has 55 heavy (non-hydrogen) atoms. The topological polar surface area (TPSA) is 56.8 Å². The largest absolute Gasteiger partial charge is 0.449 e. The van der Waals surface area contributed by atoms with Crippen LogP contribution in [0.4, 0.5) is 4.79 Å². The summed E-state index contributed by atoms with van der Waals surface area (Å²) in [7, 11) is 1.74. The van der Waals surface area contributed by atoms with Crippen molar-refractivity contribution in [3.8, 4) is 0 Å². The van der Waals surface area contributed by atoms with Crippen molar-refractivity contribution in [1.82, 2.24) is 5.32 Å². The molecule has 1 N–H and O–H groups in total. The fraction of sp³-hybridized carbons (Fsp3) is 0.980. The quantitative estimate of drug-likeness (QED) is 0.0626. The lowest BCUT2D eigenvalue weighted by Gasteiger charge is -2.28. The van der Waals surface area contributed by atoms with Gasteiger partial charge in [-0.05, 0) is 52.9 Å². The van der Waals surface area contributed by atoms with Gasteiger partial charge in [0.15, 0.2) is 0 Å². The van der Waals surface area contributed by atoms with Crippen molar-refractivity contribution in [2.24, 2.45) is 5.92 Å². The van der Waals surface area contributed by atoms with Crippen LogP contribution in [0.15, 0.2) is 0 Å². The van der Waals surface area contributed by atoms with E-state index in [0.717, 1.165) is 13.0 Å². The van der Waals surface area contributed by atoms with E-state index in [-0.39, 0.29) is 17.3 Å². The fourth-order valence-corrected chi connectivity index (χ4v) is 7.73. The maximum Gasteiger partial charge on any atom is 0.407 e. The summed E-state index contributed by atoms with van der Waals surface area (Å²) < 4.78 is 17.2. The third-order valence-electron chi connectivity index (χ3n) is 12.2. The Hall–Kier alpha value is -0.810. The summed E-state index contributed by atoms with van der Waals surface area (Å²) in [6, 6.07) is 0. The molecule has 5 nitrogen and oxygen atoms in total. The summed E-state index contributed by atoms with van der Waals surface area (Å²) in [6.07, 6.45) is 48.6. The number of hydrogen-bond donors (Lipinski definition) is 1. The summed E-state index contributed by atoms with van der Waals surface area (Å²) in [4.78, 5) is 12.7. The Morgan fingerprint density at radius 2 is 0.764 bits per heavy atom. The van der Waals surface area contributed by atoms with Gasteiger partial charge in [-0.2, -0.15) is 0 Å². The Balaban J connectivity index is 4.26. The first kappa shape index (κ1) is 54.2. The zero-order valence-corrected chi connectivity index (χ0v) is 38.8. The average Bonchev–Trinajstić information content (AvgIpc) is 3.16. The number of hydrogen-bond acceptors (Lipinski definition) is 4. The highest BCUT2D eigenvalue weighted by molar-refractivity contribution is 5.67. The molecule has 0 aliphatic heterocycles. The van der Waals surface area contributed by atoms with Crippen molar-refractivity contribution >= 4 is 6.09 Å². The molecular formula is C50H101NO4. The standard InChI is InChI=1S/C50H101NO4/c1-8-10-12-14-16-18-20-22-24-26-28-30-32-34-36-38-40-47(41-39-37-35-33-31-29-27-25-23-21-19-17-15-13-11-9-2)46-51-48(52)54-44-42-50(5,6)55-45-43-49(3,4)53-7/h47H,8-46H2,1-7H3,(H,51,52). The lowest BCUT2D eigenvalue weighted by atomic mass is 9.94. The number of carbonyl (C=O) groups is 1. The van der Waals surface area contributed by atoms with Crippen LogP contribution < -0.4 is 5.32 Å². The number of amides is 1. The van der Waals surface area contributed by atoms with Gasteiger partial charge in [-0.1, -0.05) is 219 Å². The first-order chi connectivity index (χ1) is 26.7. The van der Waals surface area contributed by atoms with Crippen LogP contribution in [0.5, 0.6) is 0 Å². The Labute approximate surface area is 346 Å². The fourth-order valence-electron chi connectivity index (χ4n) is 7.73. The molecule has 0 aromatic rings. The molecule has 0 fully saturated rings. The Morgan fingerprint density at radius 3 is 1.09 bits per heavy atom. The van der Waals surface area contributed by atoms with Crippen molar-refractivity contribution < 1.29 is 19.0 Å². The molecule has 0 aromatic heterocycles. The van der Waals surface area contributed by atoms with E-state index in [4.69, 9.17) is 14.2 Å². The highest BCUT2D eigenvalue weighted by atomic mass is 16.6. The van der Waals surface area contributed by atoms with Crippen molar-refractivity contribution in [2.75, 3.05) is 26.9 Å². The normalized spacial score (nSPS) is 12.2. The van der Waals surface area contributed by atoms with E-state index in [9.17, 15) is 4.79 Å². The van der Waals surface area contributed by atoms with E-state index < -0.39 is 0 Å². The van der Waals surface area contributed by atoms with Crippen molar-refractivity contribution in [3.05, 3.63) is 0 Å². The Bertz CT molecular complexity index is 748. The number of ether oxygens (including phenoxy) is 3. The molecule has 0 saturated carbocycles. The summed E-state index contributed by atoms with van der Waals surface area (Å²) in [5.41, 5.74) is -0.533. The van der Waals surface area contributed by atoms with Crippen LogP contribution in [0.3, 0.4) is 0 Å². The number of alkyl carbamates (subject to hydrolysis) is 1. The van der Waals surface area contributed by atoms with Crippen molar-refractivity contribution in [2.45, 2.75) is 284 Å². The van der Waals surface area contributed by atoms with E-state index >= 15 is 0 Å². The first-order valence-electron chi connectivity index (χ1n) is 24.8. The smallest absolute Gasteiger partial charge is 0.407 e. The lowest BCUT2D eigenvalue weighted by molar-refractivity contribution is -0.0662. The van der Waals surface area contributed by atoms with Gasteiger partial charge in [0.25, 0.3) is 0 Å². The van der Waals surface area contributed by atoms with Crippen LogP contribution in [0.2, 0.25) is 0 Å². The molecule has 0 radical (unpaired) electrons. The monoisotopic (exact) mass is 780 g/mol. The minimum Gasteiger partial charge on any atom is -0.449 e. The molecule has 330 valence electrons. The maximum absolute atomic E-state index is 12.7. The van der Waals surface area contributed by atoms with E-state index in [1.807, 2.05) is 0 Å². The van der Waals surface area contributed by atoms with Crippen molar-refractivity contribution in [3.63, 3.8) is 0 Å². The van der Waals surface area contributed by atoms with Gasteiger partial charge in [0.2, 0.25) is 0 Å². The van der Waals surface area contributed by atoms with E-state index in [1.165, 1.54) is 218 Å². The Kier molecular flexibility index (Phi) is 39.4. The molecule has 0 aliphatic rings. The summed E-state index contributed by atoms with van der Waals surface area (Å²) >= 11 is 0. The molecule has 1 amide bonds. The molecule has 0 aromatic carbocycles. The predicted octanol–water partition coefficient (Wildman–Crippen LogP) is 16.6. The van der Waals surface area contributed by atoms with Gasteiger partial charge in [-0.15, -0.1) is 0 Å². The molecule has 0 heterocycles. The average molecular weight is 780 g/mol. The van der Waals surface area contributed by atoms with Gasteiger partial charge in [-0.25, -0.2) is 4.79 Å². The highest BCUT2D eigenvalue weighted by Crippen LogP contribution is 2.22. The molecule has 0 unspecified atom stereocenters. The third kappa shape index (κ3) is 41.2. The number of nitrogens with one attached hydrogen (secondary N) is 1. The van der Waals surface area contributed by atoms with Crippen LogP contribution >= 0.6 is 0 Å². The van der Waals surface area contributed by atoms with Gasteiger partial charge in [0.05, 0.1) is 24.4 Å². The number of carbonyl (C=O) groups excluding carboxylic acids is 1. The zero-order chi connectivity index (χ0) is 40.6. The van der Waals surface area contributed by atoms with Gasteiger partial charge < -0.3 is 19.5 Å². The minimum atomic E-state index is -0.340. The Morgan fingerprint density at radius 1 is 0.455 bits per heavy atom. The number of methoxy groups -OCH3 is 1. The molecule has 0 bridgehead atoms. The van der Waals surface area contributed by atoms with E-state index in [2.05, 4.69) is 46.9 Å². The van der Waals surface area contributed by atoms with Crippen LogP contribution in [0, 0.1) is 5.92 Å². The first-order valence-corrected chi connectivity index (χ1v) is 24.8. The SMILES string of the molecule is CCCCCCCCCCCCCCCCCCC(CCCCCCCCCCCCCCCCCC)CNC(=O)OCCC(C)(C)OCCC(C)(C)OC. The summed E-state index contributed by atoms with van der Waals surface area (Å²) in [6.45, 7) is 14.6. The molecule has 0 spiro atoms. The number of unbranched alkanes of at least 4 members (excludes halogenated alkanes) is 30. The minimum absolute atomic E-state index is 0.193. The summed E-state index contributed by atoms with van der Waals surface area (Å²) in [5, 5.41) is 3.13. The second-order valence-electron chi connectivity index (χ2n) is 18.6. The molecule has 0 atom stereocenters. The second kappa shape index (κ2) is 40.0. The van der Waals surface area contributed by atoms with Gasteiger partial charge in [0, 0.05) is 20.1 Å². The van der Waals surface area contributed by atoms with Crippen LogP contribution in [-0.2, 0) is 14.2 Å². The molecule has 0 saturated heterocycles. The third-order valence-corrected chi connectivity index (χ3v) is 12.2. The van der Waals surface area contributed by atoms with E-state index in [0.29, 0.717) is 25.6 Å². The number of rotatable bonds is 44. The van der Waals surface area contributed by atoms with Gasteiger partial charge >= 0.3 is 6.09 Å². The van der Waals surface area contributed by atoms with E-state index in [1.54, 1.807) is 7.11 Å².